The number of hydrogen-bond acceptors (Lipinski definition) is 6. The van der Waals surface area contributed by atoms with E-state index >= 15 is 0 Å². The third kappa shape index (κ3) is 6.03. The number of nitrogens with zero attached hydrogens (tertiary/aromatic N) is 3. The molecule has 3 heterocycles. The molecule has 0 spiro atoms. The van der Waals surface area contributed by atoms with Crippen LogP contribution in [0, 0.1) is 0 Å². The maximum absolute atomic E-state index is 13.2. The SMILES string of the molecule is CC1(C)C(=O)N(c2cc(C(F)(F)F)cs2)C(=O)N1Cc1ccnc(NC(=O)CNCCc2ccccc2)c1. The van der Waals surface area contributed by atoms with Crippen LogP contribution in [0.4, 0.5) is 28.8 Å². The number of alkyl halides is 3. The minimum absolute atomic E-state index is 0.00765. The highest BCUT2D eigenvalue weighted by Crippen LogP contribution is 2.40. The smallest absolute Gasteiger partial charge is 0.310 e. The molecule has 1 saturated heterocycles. The summed E-state index contributed by atoms with van der Waals surface area (Å²) in [5.41, 5.74) is -0.468. The number of urea groups is 1. The molecule has 200 valence electrons. The number of rotatable bonds is 9. The summed E-state index contributed by atoms with van der Waals surface area (Å²) in [5.74, 6) is -0.639. The summed E-state index contributed by atoms with van der Waals surface area (Å²) in [6.45, 7) is 3.77. The third-order valence-electron chi connectivity index (χ3n) is 6.11. The van der Waals surface area contributed by atoms with Gasteiger partial charge in [0, 0.05) is 18.1 Å². The van der Waals surface area contributed by atoms with Gasteiger partial charge in [-0.3, -0.25) is 9.59 Å². The Hall–Kier alpha value is -3.77. The van der Waals surface area contributed by atoms with E-state index in [9.17, 15) is 27.6 Å². The molecule has 8 nitrogen and oxygen atoms in total. The van der Waals surface area contributed by atoms with Gasteiger partial charge in [0.1, 0.15) is 16.4 Å². The topological polar surface area (TPSA) is 94.6 Å². The second kappa shape index (κ2) is 10.9. The zero-order chi connectivity index (χ0) is 27.5. The number of aromatic nitrogens is 1. The fourth-order valence-corrected chi connectivity index (χ4v) is 4.89. The zero-order valence-corrected chi connectivity index (χ0v) is 21.5. The average molecular weight is 546 g/mol. The number of anilines is 2. The lowest BCUT2D eigenvalue weighted by Gasteiger charge is -2.27. The number of imide groups is 1. The quantitative estimate of drug-likeness (QED) is 0.301. The summed E-state index contributed by atoms with van der Waals surface area (Å²) in [7, 11) is 0. The van der Waals surface area contributed by atoms with Gasteiger partial charge in [0.05, 0.1) is 12.1 Å². The number of nitrogens with one attached hydrogen (secondary N) is 2. The van der Waals surface area contributed by atoms with Crippen LogP contribution in [0.15, 0.2) is 60.1 Å². The molecule has 3 aromatic rings. The Morgan fingerprint density at radius 3 is 2.50 bits per heavy atom. The molecule has 0 radical (unpaired) electrons. The highest BCUT2D eigenvalue weighted by molar-refractivity contribution is 7.14. The first kappa shape index (κ1) is 27.3. The highest BCUT2D eigenvalue weighted by atomic mass is 32.1. The summed E-state index contributed by atoms with van der Waals surface area (Å²) in [5, 5.41) is 6.56. The van der Waals surface area contributed by atoms with Gasteiger partial charge in [-0.25, -0.2) is 14.7 Å². The molecule has 4 rings (SSSR count). The maximum Gasteiger partial charge on any atom is 0.417 e. The first-order valence-electron chi connectivity index (χ1n) is 11.8. The van der Waals surface area contributed by atoms with Gasteiger partial charge in [0.25, 0.3) is 5.91 Å². The highest BCUT2D eigenvalue weighted by Gasteiger charge is 2.52. The third-order valence-corrected chi connectivity index (χ3v) is 7.02. The Kier molecular flexibility index (Phi) is 7.83. The van der Waals surface area contributed by atoms with Gasteiger partial charge in [-0.05, 0) is 56.1 Å². The van der Waals surface area contributed by atoms with Crippen LogP contribution in [0.5, 0.6) is 0 Å². The molecular weight excluding hydrogens is 519 g/mol. The van der Waals surface area contributed by atoms with Crippen LogP contribution in [-0.4, -0.2) is 46.4 Å². The number of amides is 4. The first-order chi connectivity index (χ1) is 18.0. The lowest BCUT2D eigenvalue weighted by atomic mass is 10.0. The molecule has 2 aromatic heterocycles. The molecule has 0 atom stereocenters. The molecule has 1 aromatic carbocycles. The predicted molar refractivity (Wildman–Crippen MR) is 138 cm³/mol. The van der Waals surface area contributed by atoms with Crippen LogP contribution in [-0.2, 0) is 28.7 Å². The van der Waals surface area contributed by atoms with Gasteiger partial charge in [-0.2, -0.15) is 13.2 Å². The Balaban J connectivity index is 1.38. The minimum atomic E-state index is -4.58. The number of benzene rings is 1. The van der Waals surface area contributed by atoms with Crippen LogP contribution in [0.25, 0.3) is 0 Å². The molecule has 12 heteroatoms. The van der Waals surface area contributed by atoms with Gasteiger partial charge in [-0.1, -0.05) is 30.3 Å². The maximum atomic E-state index is 13.2. The van der Waals surface area contributed by atoms with Gasteiger partial charge < -0.3 is 15.5 Å². The molecule has 1 fully saturated rings. The van der Waals surface area contributed by atoms with Crippen LogP contribution < -0.4 is 15.5 Å². The van der Waals surface area contributed by atoms with E-state index in [2.05, 4.69) is 15.6 Å². The van der Waals surface area contributed by atoms with E-state index in [0.29, 0.717) is 23.4 Å². The lowest BCUT2D eigenvalue weighted by Crippen LogP contribution is -2.43. The van der Waals surface area contributed by atoms with E-state index < -0.39 is 29.2 Å². The Morgan fingerprint density at radius 1 is 1.08 bits per heavy atom. The largest absolute Gasteiger partial charge is 0.417 e. The Morgan fingerprint density at radius 2 is 1.82 bits per heavy atom. The lowest BCUT2D eigenvalue weighted by molar-refractivity contribution is -0.137. The summed E-state index contributed by atoms with van der Waals surface area (Å²) < 4.78 is 39.2. The van der Waals surface area contributed by atoms with Crippen molar-refractivity contribution in [2.75, 3.05) is 23.3 Å². The molecule has 4 amide bonds. The number of halogens is 3. The van der Waals surface area contributed by atoms with Crippen LogP contribution in [0.3, 0.4) is 0 Å². The monoisotopic (exact) mass is 545 g/mol. The number of pyridine rings is 1. The standard InChI is InChI=1S/C26H26F3N5O3S/c1-25(2)23(36)34(22-13-19(16-38-22)26(27,28)29)24(37)33(25)15-18-9-11-31-20(12-18)32-21(35)14-30-10-8-17-6-4-3-5-7-17/h3-7,9,11-13,16,30H,8,10,14-15H2,1-2H3,(H,31,32,35). The molecule has 1 aliphatic rings. The number of carbonyl (C=O) groups excluding carboxylic acids is 3. The number of hydrogen-bond donors (Lipinski definition) is 2. The number of thiophene rings is 1. The van der Waals surface area contributed by atoms with Crippen molar-refractivity contribution in [2.45, 2.75) is 38.5 Å². The summed E-state index contributed by atoms with van der Waals surface area (Å²) in [4.78, 5) is 44.8. The molecule has 0 aliphatic carbocycles. The van der Waals surface area contributed by atoms with E-state index in [4.69, 9.17) is 0 Å². The molecule has 1 aliphatic heterocycles. The molecular formula is C26H26F3N5O3S. The summed E-state index contributed by atoms with van der Waals surface area (Å²) in [6, 6.07) is 13.2. The van der Waals surface area contributed by atoms with E-state index in [0.717, 1.165) is 28.3 Å². The molecule has 38 heavy (non-hydrogen) atoms. The molecule has 0 saturated carbocycles. The van der Waals surface area contributed by atoms with Crippen LogP contribution in [0.2, 0.25) is 0 Å². The van der Waals surface area contributed by atoms with E-state index in [1.807, 2.05) is 30.3 Å². The summed E-state index contributed by atoms with van der Waals surface area (Å²) >= 11 is 0.680. The minimum Gasteiger partial charge on any atom is -0.310 e. The predicted octanol–water partition coefficient (Wildman–Crippen LogP) is 4.68. The van der Waals surface area contributed by atoms with Gasteiger partial charge >= 0.3 is 12.2 Å². The van der Waals surface area contributed by atoms with Crippen molar-refractivity contribution >= 4 is 40.0 Å². The van der Waals surface area contributed by atoms with Crippen molar-refractivity contribution in [1.29, 1.82) is 0 Å². The Bertz CT molecular complexity index is 1330. The van der Waals surface area contributed by atoms with Crippen molar-refractivity contribution in [3.8, 4) is 0 Å². The van der Waals surface area contributed by atoms with Crippen molar-refractivity contribution in [1.82, 2.24) is 15.2 Å². The summed E-state index contributed by atoms with van der Waals surface area (Å²) in [6.07, 6.45) is -2.33. The van der Waals surface area contributed by atoms with Gasteiger partial charge in [0.15, 0.2) is 0 Å². The van der Waals surface area contributed by atoms with E-state index in [-0.39, 0.29) is 29.8 Å². The molecule has 2 N–H and O–H groups in total. The van der Waals surface area contributed by atoms with Gasteiger partial charge in [-0.15, -0.1) is 11.3 Å². The second-order valence-corrected chi connectivity index (χ2v) is 10.1. The first-order valence-corrected chi connectivity index (χ1v) is 12.7. The van der Waals surface area contributed by atoms with Crippen LogP contribution in [0.1, 0.15) is 30.5 Å². The number of carbonyl (C=O) groups is 3. The molecule has 0 unspecified atom stereocenters. The fraction of sp³-hybridized carbons (Fsp3) is 0.308. The van der Waals surface area contributed by atoms with Crippen molar-refractivity contribution in [3.63, 3.8) is 0 Å². The van der Waals surface area contributed by atoms with E-state index in [1.165, 1.54) is 24.9 Å². The van der Waals surface area contributed by atoms with Crippen molar-refractivity contribution < 1.29 is 27.6 Å². The van der Waals surface area contributed by atoms with Crippen molar-refractivity contribution in [3.05, 3.63) is 76.8 Å². The molecule has 0 bridgehead atoms. The van der Waals surface area contributed by atoms with E-state index in [1.54, 1.807) is 12.1 Å². The normalized spacial score (nSPS) is 15.3. The zero-order valence-electron chi connectivity index (χ0n) is 20.7. The average Bonchev–Trinajstić information content (AvgIpc) is 3.41. The Labute approximate surface area is 221 Å². The fourth-order valence-electron chi connectivity index (χ4n) is 3.98. The second-order valence-electron chi connectivity index (χ2n) is 9.25. The van der Waals surface area contributed by atoms with Crippen LogP contribution >= 0.6 is 11.3 Å². The van der Waals surface area contributed by atoms with Crippen molar-refractivity contribution in [2.24, 2.45) is 0 Å². The van der Waals surface area contributed by atoms with Gasteiger partial charge in [0.2, 0.25) is 5.91 Å².